The quantitative estimate of drug-likeness (QED) is 0.178. The summed E-state index contributed by atoms with van der Waals surface area (Å²) in [6, 6.07) is 45.1. The third-order valence-electron chi connectivity index (χ3n) is 10.1. The Morgan fingerprint density at radius 2 is 1.09 bits per heavy atom. The van der Waals surface area contributed by atoms with Crippen molar-refractivity contribution in [3.8, 4) is 34.6 Å². The fourth-order valence-electron chi connectivity index (χ4n) is 7.44. The van der Waals surface area contributed by atoms with Gasteiger partial charge in [0.1, 0.15) is 22.8 Å². The van der Waals surface area contributed by atoms with Gasteiger partial charge in [0.05, 0.1) is 34.2 Å². The van der Waals surface area contributed by atoms with Crippen LogP contribution in [0.3, 0.4) is 0 Å². The van der Waals surface area contributed by atoms with Gasteiger partial charge in [-0.05, 0) is 80.0 Å². The smallest absolute Gasteiger partial charge is 0.344 e. The molecule has 270 valence electrons. The highest BCUT2D eigenvalue weighted by Crippen LogP contribution is 2.50. The van der Waals surface area contributed by atoms with Gasteiger partial charge in [-0.2, -0.15) is 19.6 Å². The Labute approximate surface area is 316 Å². The van der Waals surface area contributed by atoms with Gasteiger partial charge in [0.25, 0.3) is 5.90 Å². The molecular weight excluding hydrogens is 693 g/mol. The van der Waals surface area contributed by atoms with Crippen molar-refractivity contribution in [2.24, 2.45) is 10.3 Å². The first-order valence-corrected chi connectivity index (χ1v) is 18.0. The van der Waals surface area contributed by atoms with E-state index in [1.54, 1.807) is 9.36 Å². The Morgan fingerprint density at radius 3 is 1.67 bits per heavy atom. The van der Waals surface area contributed by atoms with E-state index in [9.17, 15) is 0 Å². The minimum absolute atomic E-state index is 0.194. The Balaban J connectivity index is 1.23. The van der Waals surface area contributed by atoms with Gasteiger partial charge in [-0.1, -0.05) is 102 Å². The van der Waals surface area contributed by atoms with Gasteiger partial charge in [0.15, 0.2) is 0 Å². The molecule has 0 aliphatic carbocycles. The number of oxime groups is 2. The summed E-state index contributed by atoms with van der Waals surface area (Å²) in [5.74, 6) is 0.0528. The molecule has 7 aromatic rings. The number of nitrogens with zero attached hydrogens (tertiary/aromatic N) is 6. The molecule has 0 N–H and O–H groups in total. The van der Waals surface area contributed by atoms with Crippen LogP contribution in [0.1, 0.15) is 45.1 Å². The molecule has 0 fully saturated rings. The van der Waals surface area contributed by atoms with Crippen molar-refractivity contribution in [2.75, 3.05) is 0 Å². The predicted octanol–water partition coefficient (Wildman–Crippen LogP) is 9.03. The molecule has 4 aliphatic heterocycles. The Morgan fingerprint density at radius 1 is 0.564 bits per heavy atom. The van der Waals surface area contributed by atoms with Crippen molar-refractivity contribution in [1.82, 2.24) is 19.6 Å². The zero-order valence-corrected chi connectivity index (χ0v) is 30.2. The fraction of sp³-hybridized carbons (Fsp3) is 0.136. The Hall–Kier alpha value is -7.14. The van der Waals surface area contributed by atoms with Crippen molar-refractivity contribution in [3.05, 3.63) is 179 Å². The molecule has 4 aliphatic rings. The standard InChI is InChI=1S/C44H34N6O5/c1-27-19-21-30(22-20-27)38-39-36-28(2)45-49(32-15-9-5-10-16-32)42(36)51-34-23-25-35(26-24-34)52-43-37(29(3)46-50(43)33-17-11-6-12-18-33)41-48-55-44(53-41,40(38)54-47-39)31-13-7-4-8-14-31/h4-26,38,40H,1-3H3/t38-,40-,44+/m1/s1. The number of ether oxygens (including phenoxy) is 3. The zero-order chi connectivity index (χ0) is 37.1. The molecule has 0 spiro atoms. The number of aryl methyl sites for hydroxylation is 3. The maximum absolute atomic E-state index is 7.06. The van der Waals surface area contributed by atoms with Crippen LogP contribution in [0.25, 0.3) is 11.4 Å². The molecule has 0 amide bonds. The first-order valence-electron chi connectivity index (χ1n) is 18.0. The molecule has 6 bridgehead atoms. The van der Waals surface area contributed by atoms with Crippen molar-refractivity contribution in [1.29, 1.82) is 0 Å². The normalized spacial score (nSPS) is 19.5. The molecule has 5 aromatic carbocycles. The lowest BCUT2D eigenvalue weighted by atomic mass is 9.80. The third kappa shape index (κ3) is 5.34. The number of hydrogen-bond acceptors (Lipinski definition) is 9. The van der Waals surface area contributed by atoms with Gasteiger partial charge in [-0.3, -0.25) is 0 Å². The molecule has 11 nitrogen and oxygen atoms in total. The van der Waals surface area contributed by atoms with Crippen LogP contribution in [0, 0.1) is 20.8 Å². The van der Waals surface area contributed by atoms with Gasteiger partial charge in [-0.15, -0.1) is 0 Å². The maximum atomic E-state index is 7.06. The molecule has 11 rings (SSSR count). The van der Waals surface area contributed by atoms with E-state index in [-0.39, 0.29) is 5.90 Å². The highest BCUT2D eigenvalue weighted by Gasteiger charge is 2.60. The monoisotopic (exact) mass is 726 g/mol. The summed E-state index contributed by atoms with van der Waals surface area (Å²) in [4.78, 5) is 13.2. The number of para-hydroxylation sites is 2. The van der Waals surface area contributed by atoms with E-state index in [1.807, 2.05) is 129 Å². The minimum Gasteiger partial charge on any atom is -0.438 e. The lowest BCUT2D eigenvalue weighted by molar-refractivity contribution is -0.240. The first kappa shape index (κ1) is 32.5. The van der Waals surface area contributed by atoms with Crippen LogP contribution in [-0.2, 0) is 20.2 Å². The van der Waals surface area contributed by atoms with E-state index >= 15 is 0 Å². The van der Waals surface area contributed by atoms with Crippen LogP contribution in [0.4, 0.5) is 0 Å². The number of hydrogen-bond donors (Lipinski definition) is 0. The largest absolute Gasteiger partial charge is 0.438 e. The average molecular weight is 727 g/mol. The second-order valence-corrected chi connectivity index (χ2v) is 13.7. The van der Waals surface area contributed by atoms with Crippen LogP contribution in [-0.4, -0.2) is 37.3 Å². The van der Waals surface area contributed by atoms with Crippen molar-refractivity contribution < 1.29 is 23.9 Å². The van der Waals surface area contributed by atoms with E-state index in [0.717, 1.165) is 22.5 Å². The molecule has 55 heavy (non-hydrogen) atoms. The first-order chi connectivity index (χ1) is 27.0. The lowest BCUT2D eigenvalue weighted by Gasteiger charge is -2.33. The minimum atomic E-state index is -1.60. The van der Waals surface area contributed by atoms with Crippen LogP contribution < -0.4 is 9.47 Å². The van der Waals surface area contributed by atoms with Gasteiger partial charge >= 0.3 is 5.79 Å². The highest BCUT2D eigenvalue weighted by atomic mass is 16.8. The molecular formula is C44H34N6O5. The molecule has 0 radical (unpaired) electrons. The van der Waals surface area contributed by atoms with Crippen LogP contribution in [0.5, 0.6) is 23.3 Å². The number of fused-ring (bicyclic) bond motifs is 2. The third-order valence-corrected chi connectivity index (χ3v) is 10.1. The SMILES string of the molecule is Cc1ccc([C@@H]2C3=NO[C@H]2[C@]2(c4ccccc4)ON=C(O2)c2c(C)nn(-c4ccccc4)c2Oc2ccc(cc2)Oc2c3c(C)nn2-c2ccccc2)cc1. The van der Waals surface area contributed by atoms with Crippen LogP contribution >= 0.6 is 0 Å². The fourth-order valence-corrected chi connectivity index (χ4v) is 7.44. The Kier molecular flexibility index (Phi) is 7.55. The summed E-state index contributed by atoms with van der Waals surface area (Å²) in [6.07, 6.45) is -0.874. The van der Waals surface area contributed by atoms with E-state index in [0.29, 0.717) is 57.0 Å². The summed E-state index contributed by atoms with van der Waals surface area (Å²) >= 11 is 0. The van der Waals surface area contributed by atoms with Crippen molar-refractivity contribution >= 4 is 11.6 Å². The molecule has 3 atom stereocenters. The van der Waals surface area contributed by atoms with Crippen molar-refractivity contribution in [2.45, 2.75) is 38.6 Å². The summed E-state index contributed by atoms with van der Waals surface area (Å²) in [7, 11) is 0. The van der Waals surface area contributed by atoms with E-state index in [2.05, 4.69) is 36.3 Å². The van der Waals surface area contributed by atoms with Gasteiger partial charge in [0, 0.05) is 5.56 Å². The Bertz CT molecular complexity index is 2600. The highest BCUT2D eigenvalue weighted by molar-refractivity contribution is 6.09. The van der Waals surface area contributed by atoms with Crippen LogP contribution in [0.2, 0.25) is 0 Å². The van der Waals surface area contributed by atoms with E-state index in [1.165, 1.54) is 0 Å². The molecule has 11 heteroatoms. The number of benzene rings is 5. The summed E-state index contributed by atoms with van der Waals surface area (Å²) < 4.78 is 24.1. The number of rotatable bonds is 4. The second kappa shape index (κ2) is 12.8. The van der Waals surface area contributed by atoms with Crippen LogP contribution in [0.15, 0.2) is 150 Å². The molecule has 6 heterocycles. The molecule has 0 saturated carbocycles. The van der Waals surface area contributed by atoms with E-state index in [4.69, 9.17) is 39.2 Å². The summed E-state index contributed by atoms with van der Waals surface area (Å²) in [5, 5.41) is 19.5. The van der Waals surface area contributed by atoms with Crippen molar-refractivity contribution in [3.63, 3.8) is 0 Å². The molecule has 0 unspecified atom stereocenters. The predicted molar refractivity (Wildman–Crippen MR) is 205 cm³/mol. The van der Waals surface area contributed by atoms with Gasteiger partial charge in [0.2, 0.25) is 17.9 Å². The molecule has 0 saturated heterocycles. The lowest BCUT2D eigenvalue weighted by Crippen LogP contribution is -2.46. The topological polar surface area (TPSA) is 107 Å². The maximum Gasteiger partial charge on any atom is 0.344 e. The second-order valence-electron chi connectivity index (χ2n) is 13.7. The summed E-state index contributed by atoms with van der Waals surface area (Å²) in [5.41, 5.74) is 7.51. The zero-order valence-electron chi connectivity index (χ0n) is 30.2. The summed E-state index contributed by atoms with van der Waals surface area (Å²) in [6.45, 7) is 5.90. The van der Waals surface area contributed by atoms with E-state index < -0.39 is 17.8 Å². The number of aromatic nitrogens is 4. The van der Waals surface area contributed by atoms with Gasteiger partial charge in [-0.25, -0.2) is 0 Å². The van der Waals surface area contributed by atoms with Gasteiger partial charge < -0.3 is 23.9 Å². The average Bonchev–Trinajstić information content (AvgIpc) is 4.00. The molecule has 2 aromatic heterocycles.